The molecule has 0 aliphatic carbocycles. The third kappa shape index (κ3) is 1.34. The van der Waals surface area contributed by atoms with Gasteiger partial charge in [-0.25, -0.2) is 0 Å². The van der Waals surface area contributed by atoms with Gasteiger partial charge >= 0.3 is 5.97 Å². The van der Waals surface area contributed by atoms with E-state index in [4.69, 9.17) is 4.74 Å². The normalized spacial score (nSPS) is 39.7. The van der Waals surface area contributed by atoms with E-state index in [1.807, 2.05) is 4.90 Å². The van der Waals surface area contributed by atoms with Gasteiger partial charge in [0.05, 0.1) is 6.42 Å². The molecule has 0 unspecified atom stereocenters. The summed E-state index contributed by atoms with van der Waals surface area (Å²) in [4.78, 5) is 24.9. The van der Waals surface area contributed by atoms with E-state index < -0.39 is 0 Å². The number of carbonyl (C=O) groups excluding carboxylic acids is 2. The SMILES string of the molecule is O=C1C[C@H]2[C@@H](CCCN3C(=O)CC[C@@H]23)O1. The Kier molecular flexibility index (Phi) is 1.97. The van der Waals surface area contributed by atoms with Gasteiger partial charge < -0.3 is 9.64 Å². The number of hydrogen-bond donors (Lipinski definition) is 0. The van der Waals surface area contributed by atoms with Crippen LogP contribution in [0.2, 0.25) is 0 Å². The molecule has 0 bridgehead atoms. The Labute approximate surface area is 88.6 Å². The fourth-order valence-corrected chi connectivity index (χ4v) is 3.24. The minimum absolute atomic E-state index is 0.0776. The zero-order valence-corrected chi connectivity index (χ0v) is 8.65. The Morgan fingerprint density at radius 3 is 3.00 bits per heavy atom. The molecule has 0 saturated carbocycles. The van der Waals surface area contributed by atoms with Crippen LogP contribution in [0, 0.1) is 5.92 Å². The third-order valence-electron chi connectivity index (χ3n) is 3.92. The van der Waals surface area contributed by atoms with Crippen molar-refractivity contribution in [2.24, 2.45) is 5.92 Å². The number of amides is 1. The van der Waals surface area contributed by atoms with Gasteiger partial charge in [-0.2, -0.15) is 0 Å². The number of rotatable bonds is 0. The summed E-state index contributed by atoms with van der Waals surface area (Å²) in [6.45, 7) is 0.855. The lowest BCUT2D eigenvalue weighted by atomic mass is 9.90. The summed E-state index contributed by atoms with van der Waals surface area (Å²) in [6.07, 6.45) is 4.06. The Balaban J connectivity index is 1.87. The highest BCUT2D eigenvalue weighted by molar-refractivity contribution is 5.79. The number of carbonyl (C=O) groups is 2. The first-order valence-corrected chi connectivity index (χ1v) is 5.74. The van der Waals surface area contributed by atoms with Crippen LogP contribution >= 0.6 is 0 Å². The first-order valence-electron chi connectivity index (χ1n) is 5.74. The van der Waals surface area contributed by atoms with Crippen molar-refractivity contribution < 1.29 is 14.3 Å². The first-order chi connectivity index (χ1) is 7.25. The molecule has 3 rings (SSSR count). The van der Waals surface area contributed by atoms with Gasteiger partial charge in [-0.15, -0.1) is 0 Å². The highest BCUT2D eigenvalue weighted by atomic mass is 16.5. The summed E-state index contributed by atoms with van der Waals surface area (Å²) in [6, 6.07) is 0.274. The molecule has 0 aromatic carbocycles. The molecule has 1 amide bonds. The number of esters is 1. The van der Waals surface area contributed by atoms with Crippen molar-refractivity contribution in [1.82, 2.24) is 4.90 Å². The Morgan fingerprint density at radius 1 is 1.27 bits per heavy atom. The van der Waals surface area contributed by atoms with Gasteiger partial charge in [-0.1, -0.05) is 0 Å². The standard InChI is InChI=1S/C11H15NO3/c13-10-4-3-8-7-6-11(14)15-9(7)2-1-5-12(8)10/h7-9H,1-6H2/t7-,8+,9-/m1/s1. The van der Waals surface area contributed by atoms with E-state index in [1.54, 1.807) is 0 Å². The van der Waals surface area contributed by atoms with Crippen LogP contribution in [-0.4, -0.2) is 35.5 Å². The molecule has 3 aliphatic heterocycles. The van der Waals surface area contributed by atoms with Gasteiger partial charge in [0.1, 0.15) is 6.10 Å². The quantitative estimate of drug-likeness (QED) is 0.552. The first kappa shape index (κ1) is 9.19. The summed E-state index contributed by atoms with van der Waals surface area (Å²) in [5, 5.41) is 0. The monoisotopic (exact) mass is 209 g/mol. The maximum absolute atomic E-state index is 11.6. The Bertz CT molecular complexity index is 315. The molecule has 3 fully saturated rings. The zero-order chi connectivity index (χ0) is 10.4. The highest BCUT2D eigenvalue weighted by Crippen LogP contribution is 2.38. The lowest BCUT2D eigenvalue weighted by Gasteiger charge is -2.27. The molecule has 0 aromatic rings. The predicted molar refractivity (Wildman–Crippen MR) is 52.0 cm³/mol. The van der Waals surface area contributed by atoms with E-state index in [0.717, 1.165) is 25.8 Å². The molecule has 0 aromatic heterocycles. The van der Waals surface area contributed by atoms with Crippen molar-refractivity contribution in [2.75, 3.05) is 6.54 Å². The van der Waals surface area contributed by atoms with Crippen LogP contribution < -0.4 is 0 Å². The summed E-state index contributed by atoms with van der Waals surface area (Å²) < 4.78 is 5.31. The van der Waals surface area contributed by atoms with Gasteiger partial charge in [0.25, 0.3) is 0 Å². The zero-order valence-electron chi connectivity index (χ0n) is 8.65. The summed E-state index contributed by atoms with van der Waals surface area (Å²) in [5.74, 6) is 0.456. The van der Waals surface area contributed by atoms with Crippen LogP contribution in [-0.2, 0) is 14.3 Å². The fraction of sp³-hybridized carbons (Fsp3) is 0.818. The summed E-state index contributed by atoms with van der Waals surface area (Å²) >= 11 is 0. The second-order valence-electron chi connectivity index (χ2n) is 4.73. The molecule has 3 heterocycles. The molecular formula is C11H15NO3. The lowest BCUT2D eigenvalue weighted by molar-refractivity contribution is -0.141. The summed E-state index contributed by atoms with van der Waals surface area (Å²) in [7, 11) is 0. The summed E-state index contributed by atoms with van der Waals surface area (Å²) in [5.41, 5.74) is 0. The largest absolute Gasteiger partial charge is 0.462 e. The van der Waals surface area contributed by atoms with Crippen molar-refractivity contribution in [2.45, 2.75) is 44.2 Å². The van der Waals surface area contributed by atoms with Gasteiger partial charge in [-0.3, -0.25) is 9.59 Å². The van der Waals surface area contributed by atoms with Crippen LogP contribution in [0.1, 0.15) is 32.1 Å². The van der Waals surface area contributed by atoms with Gasteiger partial charge in [0.2, 0.25) is 5.91 Å². The lowest BCUT2D eigenvalue weighted by Crippen LogP contribution is -2.38. The number of nitrogens with zero attached hydrogens (tertiary/aromatic N) is 1. The van der Waals surface area contributed by atoms with Crippen LogP contribution in [0.15, 0.2) is 0 Å². The van der Waals surface area contributed by atoms with Crippen LogP contribution in [0.3, 0.4) is 0 Å². The van der Waals surface area contributed by atoms with Crippen molar-refractivity contribution in [3.8, 4) is 0 Å². The number of hydrogen-bond acceptors (Lipinski definition) is 3. The molecule has 82 valence electrons. The molecule has 4 nitrogen and oxygen atoms in total. The topological polar surface area (TPSA) is 46.6 Å². The van der Waals surface area contributed by atoms with Gasteiger partial charge in [-0.05, 0) is 19.3 Å². The average molecular weight is 209 g/mol. The second kappa shape index (κ2) is 3.22. The van der Waals surface area contributed by atoms with Gasteiger partial charge in [0, 0.05) is 24.9 Å². The van der Waals surface area contributed by atoms with E-state index in [-0.39, 0.29) is 29.9 Å². The highest BCUT2D eigenvalue weighted by Gasteiger charge is 2.47. The van der Waals surface area contributed by atoms with E-state index in [1.165, 1.54) is 0 Å². The van der Waals surface area contributed by atoms with Crippen LogP contribution in [0.5, 0.6) is 0 Å². The molecule has 0 radical (unpaired) electrons. The smallest absolute Gasteiger partial charge is 0.306 e. The molecule has 3 atom stereocenters. The van der Waals surface area contributed by atoms with Crippen molar-refractivity contribution >= 4 is 11.9 Å². The predicted octanol–water partition coefficient (Wildman–Crippen LogP) is 0.703. The maximum atomic E-state index is 11.6. The molecule has 0 N–H and O–H groups in total. The number of ether oxygens (including phenoxy) is 1. The van der Waals surface area contributed by atoms with Gasteiger partial charge in [0.15, 0.2) is 0 Å². The number of fused-ring (bicyclic) bond motifs is 3. The van der Waals surface area contributed by atoms with E-state index in [2.05, 4.69) is 0 Å². The second-order valence-corrected chi connectivity index (χ2v) is 4.73. The molecular weight excluding hydrogens is 194 g/mol. The maximum Gasteiger partial charge on any atom is 0.306 e. The molecule has 3 saturated heterocycles. The van der Waals surface area contributed by atoms with Crippen molar-refractivity contribution in [3.63, 3.8) is 0 Å². The molecule has 15 heavy (non-hydrogen) atoms. The molecule has 3 aliphatic rings. The van der Waals surface area contributed by atoms with E-state index >= 15 is 0 Å². The minimum atomic E-state index is -0.0776. The van der Waals surface area contributed by atoms with Crippen molar-refractivity contribution in [1.29, 1.82) is 0 Å². The van der Waals surface area contributed by atoms with Crippen LogP contribution in [0.4, 0.5) is 0 Å². The average Bonchev–Trinajstić information content (AvgIpc) is 2.68. The minimum Gasteiger partial charge on any atom is -0.462 e. The van der Waals surface area contributed by atoms with E-state index in [0.29, 0.717) is 12.8 Å². The third-order valence-corrected chi connectivity index (χ3v) is 3.92. The van der Waals surface area contributed by atoms with E-state index in [9.17, 15) is 9.59 Å². The Hall–Kier alpha value is -1.06. The molecule has 0 spiro atoms. The molecule has 4 heteroatoms. The Morgan fingerprint density at radius 2 is 2.13 bits per heavy atom. The fourth-order valence-electron chi connectivity index (χ4n) is 3.24. The van der Waals surface area contributed by atoms with Crippen LogP contribution in [0.25, 0.3) is 0 Å². The van der Waals surface area contributed by atoms with Crippen molar-refractivity contribution in [3.05, 3.63) is 0 Å².